The molecule has 2 aromatic rings. The van der Waals surface area contributed by atoms with Gasteiger partial charge in [-0.2, -0.15) is 0 Å². The number of sulfonamides is 1. The van der Waals surface area contributed by atoms with Crippen LogP contribution < -0.4 is 4.72 Å². The number of hydrogen-bond acceptors (Lipinski definition) is 5. The molecular formula is C11H14ClN5O2S. The first-order valence-electron chi connectivity index (χ1n) is 5.90. The summed E-state index contributed by atoms with van der Waals surface area (Å²) in [6.07, 6.45) is 1.43. The first-order valence-corrected chi connectivity index (χ1v) is 8.09. The molecule has 0 bridgehead atoms. The van der Waals surface area contributed by atoms with E-state index in [1.807, 2.05) is 0 Å². The lowest BCUT2D eigenvalue weighted by atomic mass is 10.3. The minimum absolute atomic E-state index is 0.0222. The van der Waals surface area contributed by atoms with Crippen molar-refractivity contribution in [1.29, 1.82) is 0 Å². The highest BCUT2D eigenvalue weighted by atomic mass is 35.5. The Morgan fingerprint density at radius 2 is 2.25 bits per heavy atom. The first-order chi connectivity index (χ1) is 9.50. The Labute approximate surface area is 122 Å². The fourth-order valence-electron chi connectivity index (χ4n) is 1.63. The maximum absolute atomic E-state index is 12.0. The SMILES string of the molecule is CC(CCl)CS(=O)(=O)Nc1cccc(-n2cnnn2)c1. The summed E-state index contributed by atoms with van der Waals surface area (Å²) in [7, 11) is -3.43. The third kappa shape index (κ3) is 3.91. The Morgan fingerprint density at radius 3 is 2.90 bits per heavy atom. The number of nitrogens with zero attached hydrogens (tertiary/aromatic N) is 4. The van der Waals surface area contributed by atoms with Crippen molar-refractivity contribution in [2.24, 2.45) is 5.92 Å². The zero-order valence-corrected chi connectivity index (χ0v) is 12.3. The summed E-state index contributed by atoms with van der Waals surface area (Å²) in [4.78, 5) is 0. The van der Waals surface area contributed by atoms with Crippen molar-refractivity contribution < 1.29 is 8.42 Å². The van der Waals surface area contributed by atoms with Crippen molar-refractivity contribution >= 4 is 27.3 Å². The molecule has 1 N–H and O–H groups in total. The molecule has 0 aliphatic heterocycles. The van der Waals surface area contributed by atoms with Crippen molar-refractivity contribution in [3.05, 3.63) is 30.6 Å². The van der Waals surface area contributed by atoms with E-state index < -0.39 is 10.0 Å². The molecule has 0 saturated heterocycles. The molecule has 1 atom stereocenters. The lowest BCUT2D eigenvalue weighted by Crippen LogP contribution is -2.22. The summed E-state index contributed by atoms with van der Waals surface area (Å²) in [5, 5.41) is 10.8. The van der Waals surface area contributed by atoms with Crippen molar-refractivity contribution in [1.82, 2.24) is 20.2 Å². The van der Waals surface area contributed by atoms with Crippen molar-refractivity contribution in [2.45, 2.75) is 6.92 Å². The number of alkyl halides is 1. The number of aromatic nitrogens is 4. The second kappa shape index (κ2) is 6.19. The average molecular weight is 316 g/mol. The Morgan fingerprint density at radius 1 is 1.45 bits per heavy atom. The van der Waals surface area contributed by atoms with Crippen LogP contribution in [0.3, 0.4) is 0 Å². The normalized spacial score (nSPS) is 13.1. The molecule has 0 radical (unpaired) electrons. The van der Waals surface area contributed by atoms with Gasteiger partial charge in [0.1, 0.15) is 6.33 Å². The molecule has 0 fully saturated rings. The molecule has 0 spiro atoms. The molecular weight excluding hydrogens is 302 g/mol. The van der Waals surface area contributed by atoms with Crippen LogP contribution in [0.15, 0.2) is 30.6 Å². The van der Waals surface area contributed by atoms with Gasteiger partial charge < -0.3 is 0 Å². The quantitative estimate of drug-likeness (QED) is 0.811. The Bertz CT molecular complexity index is 659. The van der Waals surface area contributed by atoms with E-state index in [9.17, 15) is 8.42 Å². The summed E-state index contributed by atoms with van der Waals surface area (Å²) in [5.74, 6) is 0.161. The summed E-state index contributed by atoms with van der Waals surface area (Å²) in [6.45, 7) is 1.78. The van der Waals surface area contributed by atoms with Gasteiger partial charge in [0.25, 0.3) is 0 Å². The lowest BCUT2D eigenvalue weighted by molar-refractivity contribution is 0.588. The molecule has 108 valence electrons. The zero-order valence-electron chi connectivity index (χ0n) is 10.8. The van der Waals surface area contributed by atoms with Crippen LogP contribution in [0.1, 0.15) is 6.92 Å². The molecule has 1 aromatic heterocycles. The van der Waals surface area contributed by atoms with Crippen LogP contribution >= 0.6 is 11.6 Å². The highest BCUT2D eigenvalue weighted by Gasteiger charge is 2.15. The van der Waals surface area contributed by atoms with Crippen molar-refractivity contribution in [3.8, 4) is 5.69 Å². The number of nitrogens with one attached hydrogen (secondary N) is 1. The lowest BCUT2D eigenvalue weighted by Gasteiger charge is -2.11. The summed E-state index contributed by atoms with van der Waals surface area (Å²) < 4.78 is 27.9. The molecule has 0 aliphatic carbocycles. The van der Waals surface area contributed by atoms with Gasteiger partial charge in [-0.05, 0) is 34.5 Å². The molecule has 9 heteroatoms. The number of hydrogen-bond donors (Lipinski definition) is 1. The van der Waals surface area contributed by atoms with Crippen LogP contribution in [0.2, 0.25) is 0 Å². The molecule has 20 heavy (non-hydrogen) atoms. The van der Waals surface area contributed by atoms with Crippen LogP contribution in [-0.4, -0.2) is 40.3 Å². The highest BCUT2D eigenvalue weighted by molar-refractivity contribution is 7.92. The predicted molar refractivity (Wildman–Crippen MR) is 76.4 cm³/mol. The van der Waals surface area contributed by atoms with Crippen molar-refractivity contribution in [2.75, 3.05) is 16.4 Å². The molecule has 7 nitrogen and oxygen atoms in total. The van der Waals surface area contributed by atoms with E-state index >= 15 is 0 Å². The average Bonchev–Trinajstić information content (AvgIpc) is 2.91. The molecule has 2 rings (SSSR count). The maximum atomic E-state index is 12.0. The van der Waals surface area contributed by atoms with E-state index in [1.165, 1.54) is 11.0 Å². The van der Waals surface area contributed by atoms with Crippen molar-refractivity contribution in [3.63, 3.8) is 0 Å². The van der Waals surface area contributed by atoms with Gasteiger partial charge in [0.15, 0.2) is 0 Å². The molecule has 1 heterocycles. The van der Waals surface area contributed by atoms with Crippen LogP contribution in [0.4, 0.5) is 5.69 Å². The number of anilines is 1. The van der Waals surface area contributed by atoms with Crippen LogP contribution in [-0.2, 0) is 10.0 Å². The second-order valence-corrected chi connectivity index (χ2v) is 6.52. The van der Waals surface area contributed by atoms with E-state index in [4.69, 9.17) is 11.6 Å². The molecule has 1 aromatic carbocycles. The predicted octanol–water partition coefficient (Wildman–Crippen LogP) is 1.28. The van der Waals surface area contributed by atoms with Gasteiger partial charge >= 0.3 is 0 Å². The number of halogens is 1. The summed E-state index contributed by atoms with van der Waals surface area (Å²) in [6, 6.07) is 6.81. The molecule has 0 aliphatic rings. The van der Waals surface area contributed by atoms with E-state index in [1.54, 1.807) is 31.2 Å². The topological polar surface area (TPSA) is 89.8 Å². The minimum atomic E-state index is -3.43. The van der Waals surface area contributed by atoms with E-state index in [0.29, 0.717) is 17.3 Å². The maximum Gasteiger partial charge on any atom is 0.233 e. The van der Waals surface area contributed by atoms with E-state index in [2.05, 4.69) is 20.2 Å². The summed E-state index contributed by atoms with van der Waals surface area (Å²) in [5.41, 5.74) is 1.13. The first kappa shape index (κ1) is 14.7. The molecule has 0 amide bonds. The van der Waals surface area contributed by atoms with Crippen LogP contribution in [0.5, 0.6) is 0 Å². The Kier molecular flexibility index (Phi) is 4.56. The Balaban J connectivity index is 2.16. The van der Waals surface area contributed by atoms with Gasteiger partial charge in [0, 0.05) is 5.88 Å². The molecule has 1 unspecified atom stereocenters. The summed E-state index contributed by atoms with van der Waals surface area (Å²) >= 11 is 5.64. The van der Waals surface area contributed by atoms with Gasteiger partial charge in [-0.15, -0.1) is 16.7 Å². The second-order valence-electron chi connectivity index (χ2n) is 4.45. The largest absolute Gasteiger partial charge is 0.283 e. The van der Waals surface area contributed by atoms with Crippen LogP contribution in [0.25, 0.3) is 5.69 Å². The number of tetrazole rings is 1. The standard InChI is InChI=1S/C11H14ClN5O2S/c1-9(6-12)7-20(18,19)14-10-3-2-4-11(5-10)17-8-13-15-16-17/h2-5,8-9,14H,6-7H2,1H3. The van der Waals surface area contributed by atoms with Gasteiger partial charge in [-0.25, -0.2) is 13.1 Å². The van der Waals surface area contributed by atoms with E-state index in [-0.39, 0.29) is 11.7 Å². The third-order valence-electron chi connectivity index (χ3n) is 2.50. The van der Waals surface area contributed by atoms with Gasteiger partial charge in [0.05, 0.1) is 17.1 Å². The monoisotopic (exact) mass is 315 g/mol. The number of benzene rings is 1. The van der Waals surface area contributed by atoms with E-state index in [0.717, 1.165) is 0 Å². The molecule has 0 saturated carbocycles. The smallest absolute Gasteiger partial charge is 0.233 e. The Hall–Kier alpha value is -1.67. The zero-order chi connectivity index (χ0) is 14.6. The minimum Gasteiger partial charge on any atom is -0.283 e. The third-order valence-corrected chi connectivity index (χ3v) is 4.58. The van der Waals surface area contributed by atoms with Gasteiger partial charge in [-0.1, -0.05) is 13.0 Å². The number of rotatable bonds is 6. The fraction of sp³-hybridized carbons (Fsp3) is 0.364. The van der Waals surface area contributed by atoms with Gasteiger partial charge in [-0.3, -0.25) is 4.72 Å². The van der Waals surface area contributed by atoms with Gasteiger partial charge in [0.2, 0.25) is 10.0 Å². The van der Waals surface area contributed by atoms with Crippen LogP contribution in [0, 0.1) is 5.92 Å². The fourth-order valence-corrected chi connectivity index (χ4v) is 3.31. The highest BCUT2D eigenvalue weighted by Crippen LogP contribution is 2.16.